The Balaban J connectivity index is 2.15. The number of aromatic nitrogens is 1. The highest BCUT2D eigenvalue weighted by molar-refractivity contribution is 9.10. The molecule has 1 aromatic carbocycles. The average molecular weight is 343 g/mol. The minimum atomic E-state index is -0.369. The molecule has 0 bridgehead atoms. The summed E-state index contributed by atoms with van der Waals surface area (Å²) in [5, 5.41) is 2.42. The van der Waals surface area contributed by atoms with Crippen molar-refractivity contribution in [3.05, 3.63) is 50.1 Å². The summed E-state index contributed by atoms with van der Waals surface area (Å²) in [6.45, 7) is 1.82. The molecule has 0 amide bonds. The van der Waals surface area contributed by atoms with Crippen molar-refractivity contribution in [1.82, 2.24) is 4.98 Å². The predicted octanol–water partition coefficient (Wildman–Crippen LogP) is 3.49. The van der Waals surface area contributed by atoms with Crippen LogP contribution < -0.4 is 5.73 Å². The van der Waals surface area contributed by atoms with E-state index in [1.165, 1.54) is 23.5 Å². The number of carbonyl (C=O) groups excluding carboxylic acids is 1. The largest absolute Gasteiger partial charge is 0.322 e. The highest BCUT2D eigenvalue weighted by Crippen LogP contribution is 2.19. The van der Waals surface area contributed by atoms with E-state index in [1.54, 1.807) is 11.4 Å². The van der Waals surface area contributed by atoms with Gasteiger partial charge in [0, 0.05) is 16.3 Å². The van der Waals surface area contributed by atoms with Gasteiger partial charge in [-0.25, -0.2) is 9.37 Å². The second-order valence-electron chi connectivity index (χ2n) is 4.24. The Kier molecular flexibility index (Phi) is 4.44. The zero-order chi connectivity index (χ0) is 14.0. The first-order valence-electron chi connectivity index (χ1n) is 5.65. The first-order chi connectivity index (χ1) is 8.95. The molecule has 0 radical (unpaired) electrons. The summed E-state index contributed by atoms with van der Waals surface area (Å²) in [5.41, 5.74) is 6.70. The number of hydrogen-bond donors (Lipinski definition) is 1. The van der Waals surface area contributed by atoms with Crippen LogP contribution in [0, 0.1) is 5.82 Å². The first kappa shape index (κ1) is 14.3. The van der Waals surface area contributed by atoms with Crippen molar-refractivity contribution < 1.29 is 9.18 Å². The van der Waals surface area contributed by atoms with Crippen LogP contribution in [0.4, 0.5) is 4.39 Å². The number of halogens is 2. The molecular weight excluding hydrogens is 331 g/mol. The van der Waals surface area contributed by atoms with Crippen molar-refractivity contribution in [2.45, 2.75) is 19.4 Å². The van der Waals surface area contributed by atoms with Crippen molar-refractivity contribution in [2.75, 3.05) is 0 Å². The summed E-state index contributed by atoms with van der Waals surface area (Å²) in [5.74, 6) is -0.507. The molecule has 2 aromatic rings. The fourth-order valence-corrected chi connectivity index (χ4v) is 2.91. The van der Waals surface area contributed by atoms with E-state index in [9.17, 15) is 9.18 Å². The standard InChI is InChI=1S/C13H12BrFN2OS/c1-7(16)13-17-11(6-19-13)12(18)4-8-2-9(14)5-10(15)3-8/h2-3,5-7H,4,16H2,1H3. The van der Waals surface area contributed by atoms with E-state index in [2.05, 4.69) is 20.9 Å². The van der Waals surface area contributed by atoms with Gasteiger partial charge in [0.25, 0.3) is 0 Å². The van der Waals surface area contributed by atoms with Gasteiger partial charge in [0.05, 0.1) is 6.04 Å². The lowest BCUT2D eigenvalue weighted by molar-refractivity contribution is 0.0988. The van der Waals surface area contributed by atoms with Crippen molar-refractivity contribution in [3.63, 3.8) is 0 Å². The molecule has 0 spiro atoms. The van der Waals surface area contributed by atoms with Gasteiger partial charge in [0.15, 0.2) is 5.78 Å². The third kappa shape index (κ3) is 3.68. The van der Waals surface area contributed by atoms with Crippen LogP contribution in [0.2, 0.25) is 0 Å². The van der Waals surface area contributed by atoms with E-state index in [0.717, 1.165) is 5.01 Å². The van der Waals surface area contributed by atoms with Crippen LogP contribution in [0.3, 0.4) is 0 Å². The van der Waals surface area contributed by atoms with Crippen molar-refractivity contribution in [3.8, 4) is 0 Å². The third-order valence-electron chi connectivity index (χ3n) is 2.48. The maximum absolute atomic E-state index is 13.2. The monoisotopic (exact) mass is 342 g/mol. The van der Waals surface area contributed by atoms with Crippen LogP contribution in [0.15, 0.2) is 28.1 Å². The van der Waals surface area contributed by atoms with E-state index < -0.39 is 0 Å². The first-order valence-corrected chi connectivity index (χ1v) is 7.32. The maximum Gasteiger partial charge on any atom is 0.186 e. The van der Waals surface area contributed by atoms with Crippen molar-refractivity contribution in [1.29, 1.82) is 0 Å². The van der Waals surface area contributed by atoms with Gasteiger partial charge in [-0.3, -0.25) is 4.79 Å². The van der Waals surface area contributed by atoms with Gasteiger partial charge in [-0.1, -0.05) is 15.9 Å². The minimum absolute atomic E-state index is 0.123. The van der Waals surface area contributed by atoms with Gasteiger partial charge in [-0.2, -0.15) is 0 Å². The molecule has 1 aromatic heterocycles. The van der Waals surface area contributed by atoms with Crippen LogP contribution in [0.1, 0.15) is 34.0 Å². The summed E-state index contributed by atoms with van der Waals surface area (Å²) in [7, 11) is 0. The fraction of sp³-hybridized carbons (Fsp3) is 0.231. The number of ketones is 1. The lowest BCUT2D eigenvalue weighted by atomic mass is 10.1. The molecule has 3 nitrogen and oxygen atoms in total. The lowest BCUT2D eigenvalue weighted by Crippen LogP contribution is -2.07. The van der Waals surface area contributed by atoms with Gasteiger partial charge < -0.3 is 5.73 Å². The molecule has 0 aliphatic heterocycles. The van der Waals surface area contributed by atoms with Gasteiger partial charge in [0.2, 0.25) is 0 Å². The Hall–Kier alpha value is -1.11. The Morgan fingerprint density at radius 3 is 2.84 bits per heavy atom. The molecule has 0 aliphatic carbocycles. The Morgan fingerprint density at radius 2 is 2.26 bits per heavy atom. The summed E-state index contributed by atoms with van der Waals surface area (Å²) in [6.07, 6.45) is 0.123. The Morgan fingerprint density at radius 1 is 1.53 bits per heavy atom. The topological polar surface area (TPSA) is 56.0 Å². The maximum atomic E-state index is 13.2. The number of benzene rings is 1. The molecule has 2 rings (SSSR count). The molecule has 6 heteroatoms. The van der Waals surface area contributed by atoms with Crippen LogP contribution in [0.25, 0.3) is 0 Å². The summed E-state index contributed by atoms with van der Waals surface area (Å²) >= 11 is 4.56. The van der Waals surface area contributed by atoms with Gasteiger partial charge in [0.1, 0.15) is 16.5 Å². The molecule has 1 heterocycles. The molecule has 100 valence electrons. The second kappa shape index (κ2) is 5.90. The molecule has 2 N–H and O–H groups in total. The summed E-state index contributed by atoms with van der Waals surface area (Å²) in [4.78, 5) is 16.2. The number of nitrogens with zero attached hydrogens (tertiary/aromatic N) is 1. The number of carbonyl (C=O) groups is 1. The summed E-state index contributed by atoms with van der Waals surface area (Å²) in [6, 6.07) is 4.24. The number of nitrogens with two attached hydrogens (primary N) is 1. The highest BCUT2D eigenvalue weighted by Gasteiger charge is 2.14. The zero-order valence-electron chi connectivity index (χ0n) is 10.2. The molecular formula is C13H12BrFN2OS. The number of Topliss-reactive ketones (excluding diaryl/α,β-unsaturated/α-hetero) is 1. The third-order valence-corrected chi connectivity index (χ3v) is 3.99. The smallest absolute Gasteiger partial charge is 0.186 e. The Bertz CT molecular complexity index is 592. The molecule has 19 heavy (non-hydrogen) atoms. The van der Waals surface area contributed by atoms with Crippen molar-refractivity contribution >= 4 is 33.0 Å². The lowest BCUT2D eigenvalue weighted by Gasteiger charge is -2.01. The average Bonchev–Trinajstić information content (AvgIpc) is 2.76. The fourth-order valence-electron chi connectivity index (χ4n) is 1.61. The van der Waals surface area contributed by atoms with E-state index in [0.29, 0.717) is 15.7 Å². The van der Waals surface area contributed by atoms with E-state index in [-0.39, 0.29) is 24.1 Å². The van der Waals surface area contributed by atoms with Gasteiger partial charge >= 0.3 is 0 Å². The van der Waals surface area contributed by atoms with Crippen molar-refractivity contribution in [2.24, 2.45) is 5.73 Å². The molecule has 0 saturated carbocycles. The SMILES string of the molecule is CC(N)c1nc(C(=O)Cc2cc(F)cc(Br)c2)cs1. The van der Waals surface area contributed by atoms with Crippen LogP contribution >= 0.6 is 27.3 Å². The predicted molar refractivity (Wildman–Crippen MR) is 76.9 cm³/mol. The molecule has 0 saturated heterocycles. The normalized spacial score (nSPS) is 12.4. The zero-order valence-corrected chi connectivity index (χ0v) is 12.6. The van der Waals surface area contributed by atoms with E-state index in [1.807, 2.05) is 6.92 Å². The molecule has 0 aliphatic rings. The van der Waals surface area contributed by atoms with Crippen LogP contribution in [-0.4, -0.2) is 10.8 Å². The van der Waals surface area contributed by atoms with Gasteiger partial charge in [-0.15, -0.1) is 11.3 Å². The van der Waals surface area contributed by atoms with E-state index >= 15 is 0 Å². The minimum Gasteiger partial charge on any atom is -0.322 e. The molecule has 1 atom stereocenters. The van der Waals surface area contributed by atoms with Gasteiger partial charge in [-0.05, 0) is 30.7 Å². The number of rotatable bonds is 4. The number of hydrogen-bond acceptors (Lipinski definition) is 4. The Labute approximate surface area is 122 Å². The van der Waals surface area contributed by atoms with E-state index in [4.69, 9.17) is 5.73 Å². The summed E-state index contributed by atoms with van der Waals surface area (Å²) < 4.78 is 13.8. The van der Waals surface area contributed by atoms with Crippen LogP contribution in [0.5, 0.6) is 0 Å². The highest BCUT2D eigenvalue weighted by atomic mass is 79.9. The molecule has 1 unspecified atom stereocenters. The molecule has 0 fully saturated rings. The number of thiazole rings is 1. The van der Waals surface area contributed by atoms with Crippen LogP contribution in [-0.2, 0) is 6.42 Å². The second-order valence-corrected chi connectivity index (χ2v) is 6.04. The quantitative estimate of drug-likeness (QED) is 0.865.